The molecule has 0 spiro atoms. The normalized spacial score (nSPS) is 11.5. The van der Waals surface area contributed by atoms with E-state index in [1.807, 2.05) is 24.3 Å². The molecule has 0 aliphatic rings. The van der Waals surface area contributed by atoms with Crippen LogP contribution >= 0.6 is 22.6 Å². The van der Waals surface area contributed by atoms with Crippen molar-refractivity contribution in [2.24, 2.45) is 0 Å². The van der Waals surface area contributed by atoms with Crippen molar-refractivity contribution in [1.29, 1.82) is 0 Å². The van der Waals surface area contributed by atoms with Crippen LogP contribution in [0, 0.1) is 3.57 Å². The minimum atomic E-state index is -3.55. The fraction of sp³-hybridized carbons (Fsp3) is 0.188. The molecule has 23 heavy (non-hydrogen) atoms. The minimum Gasteiger partial charge on any atom is -0.378 e. The predicted octanol–water partition coefficient (Wildman–Crippen LogP) is 2.84. The van der Waals surface area contributed by atoms with Crippen LogP contribution < -0.4 is 5.32 Å². The Hall–Kier alpha value is -1.45. The van der Waals surface area contributed by atoms with Crippen LogP contribution in [0.5, 0.6) is 0 Å². The average Bonchev–Trinajstić information content (AvgIpc) is 2.52. The summed E-state index contributed by atoms with van der Waals surface area (Å²) in [7, 11) is -0.624. The van der Waals surface area contributed by atoms with E-state index in [0.717, 1.165) is 13.6 Å². The first-order chi connectivity index (χ1) is 10.8. The first-order valence-electron chi connectivity index (χ1n) is 6.86. The number of Topliss-reactive ketones (excluding diaryl/α,β-unsaturated/α-hetero) is 1. The maximum Gasteiger partial charge on any atom is 0.242 e. The van der Waals surface area contributed by atoms with Gasteiger partial charge in [0.1, 0.15) is 0 Å². The van der Waals surface area contributed by atoms with E-state index in [1.54, 1.807) is 12.1 Å². The summed E-state index contributed by atoms with van der Waals surface area (Å²) >= 11 is 2.20. The largest absolute Gasteiger partial charge is 0.378 e. The Kier molecular flexibility index (Phi) is 5.77. The second-order valence-electron chi connectivity index (χ2n) is 5.10. The third kappa shape index (κ3) is 4.52. The molecule has 5 nitrogen and oxygen atoms in total. The first kappa shape index (κ1) is 17.9. The summed E-state index contributed by atoms with van der Waals surface area (Å²) in [5.74, 6) is -0.167. The van der Waals surface area contributed by atoms with Crippen LogP contribution in [0.25, 0.3) is 0 Å². The lowest BCUT2D eigenvalue weighted by molar-refractivity contribution is 0.101. The average molecular weight is 444 g/mol. The molecule has 0 aliphatic heterocycles. The predicted molar refractivity (Wildman–Crippen MR) is 99.3 cm³/mol. The smallest absolute Gasteiger partial charge is 0.242 e. The van der Waals surface area contributed by atoms with Gasteiger partial charge in [-0.3, -0.25) is 4.79 Å². The number of nitrogens with one attached hydrogen (secondary N) is 1. The monoisotopic (exact) mass is 444 g/mol. The van der Waals surface area contributed by atoms with Crippen molar-refractivity contribution >= 4 is 44.1 Å². The van der Waals surface area contributed by atoms with Crippen LogP contribution in [0.2, 0.25) is 0 Å². The molecule has 0 bridgehead atoms. The maximum atomic E-state index is 12.3. The van der Waals surface area contributed by atoms with Crippen LogP contribution in [0.3, 0.4) is 0 Å². The molecule has 0 heterocycles. The number of carbonyl (C=O) groups is 1. The molecule has 0 atom stereocenters. The van der Waals surface area contributed by atoms with Gasteiger partial charge in [-0.15, -0.1) is 0 Å². The van der Waals surface area contributed by atoms with E-state index < -0.39 is 10.0 Å². The van der Waals surface area contributed by atoms with E-state index >= 15 is 0 Å². The topological polar surface area (TPSA) is 66.5 Å². The SMILES string of the molecule is CN(C)S(=O)(=O)c1cccc(C(=O)CNc2cccc(I)c2)c1. The molecule has 0 unspecified atom stereocenters. The molecule has 2 aromatic carbocycles. The summed E-state index contributed by atoms with van der Waals surface area (Å²) in [5.41, 5.74) is 1.22. The number of hydrogen-bond donors (Lipinski definition) is 1. The zero-order valence-electron chi connectivity index (χ0n) is 12.8. The third-order valence-electron chi connectivity index (χ3n) is 3.21. The zero-order valence-corrected chi connectivity index (χ0v) is 15.8. The second kappa shape index (κ2) is 7.41. The van der Waals surface area contributed by atoms with Crippen LogP contribution in [0.1, 0.15) is 10.4 Å². The van der Waals surface area contributed by atoms with Gasteiger partial charge in [0.2, 0.25) is 10.0 Å². The number of nitrogens with zero attached hydrogens (tertiary/aromatic N) is 1. The Morgan fingerprint density at radius 2 is 1.83 bits per heavy atom. The Bertz CT molecular complexity index is 820. The summed E-state index contributed by atoms with van der Waals surface area (Å²) in [6.07, 6.45) is 0. The fourth-order valence-electron chi connectivity index (χ4n) is 1.92. The molecule has 0 aromatic heterocycles. The van der Waals surface area contributed by atoms with Gasteiger partial charge < -0.3 is 5.32 Å². The van der Waals surface area contributed by atoms with Crippen molar-refractivity contribution < 1.29 is 13.2 Å². The summed E-state index contributed by atoms with van der Waals surface area (Å²) in [4.78, 5) is 12.4. The van der Waals surface area contributed by atoms with E-state index in [9.17, 15) is 13.2 Å². The van der Waals surface area contributed by atoms with Gasteiger partial charge in [-0.1, -0.05) is 18.2 Å². The molecule has 1 N–H and O–H groups in total. The number of benzene rings is 2. The second-order valence-corrected chi connectivity index (χ2v) is 8.50. The number of sulfonamides is 1. The summed E-state index contributed by atoms with van der Waals surface area (Å²) in [6.45, 7) is 0.103. The molecule has 0 saturated heterocycles. The van der Waals surface area contributed by atoms with Gasteiger partial charge in [0, 0.05) is 28.9 Å². The first-order valence-corrected chi connectivity index (χ1v) is 9.38. The summed E-state index contributed by atoms with van der Waals surface area (Å²) < 4.78 is 26.4. The standard InChI is InChI=1S/C16H17IN2O3S/c1-19(2)23(21,22)15-8-3-5-12(9-15)16(20)11-18-14-7-4-6-13(17)10-14/h3-10,18H,11H2,1-2H3. The molecule has 0 saturated carbocycles. The number of ketones is 1. The molecule has 2 aromatic rings. The molecule has 0 fully saturated rings. The van der Waals surface area contributed by atoms with Crippen molar-refractivity contribution in [2.75, 3.05) is 26.0 Å². The highest BCUT2D eigenvalue weighted by Gasteiger charge is 2.18. The Balaban J connectivity index is 2.14. The molecule has 122 valence electrons. The van der Waals surface area contributed by atoms with Crippen molar-refractivity contribution in [1.82, 2.24) is 4.31 Å². The van der Waals surface area contributed by atoms with Crippen molar-refractivity contribution in [3.8, 4) is 0 Å². The van der Waals surface area contributed by atoms with E-state index in [2.05, 4.69) is 27.9 Å². The van der Waals surface area contributed by atoms with Crippen LogP contribution in [0.4, 0.5) is 5.69 Å². The Labute approximate surface area is 149 Å². The zero-order chi connectivity index (χ0) is 17.0. The van der Waals surface area contributed by atoms with Gasteiger partial charge in [-0.2, -0.15) is 0 Å². The number of anilines is 1. The highest BCUT2D eigenvalue weighted by Crippen LogP contribution is 2.16. The fourth-order valence-corrected chi connectivity index (χ4v) is 3.41. The van der Waals surface area contributed by atoms with E-state index in [4.69, 9.17) is 0 Å². The van der Waals surface area contributed by atoms with Crippen molar-refractivity contribution in [3.63, 3.8) is 0 Å². The van der Waals surface area contributed by atoms with Gasteiger partial charge in [0.25, 0.3) is 0 Å². The molecular formula is C16H17IN2O3S. The van der Waals surface area contributed by atoms with Gasteiger partial charge in [-0.05, 0) is 52.9 Å². The number of halogens is 1. The third-order valence-corrected chi connectivity index (χ3v) is 5.69. The van der Waals surface area contributed by atoms with Crippen molar-refractivity contribution in [2.45, 2.75) is 4.90 Å². The Morgan fingerprint density at radius 1 is 1.13 bits per heavy atom. The van der Waals surface area contributed by atoms with Crippen LogP contribution in [0.15, 0.2) is 53.4 Å². The quantitative estimate of drug-likeness (QED) is 0.550. The highest BCUT2D eigenvalue weighted by molar-refractivity contribution is 14.1. The van der Waals surface area contributed by atoms with Gasteiger partial charge >= 0.3 is 0 Å². The molecule has 0 amide bonds. The lowest BCUT2D eigenvalue weighted by Gasteiger charge is -2.12. The number of hydrogen-bond acceptors (Lipinski definition) is 4. The summed E-state index contributed by atoms with van der Waals surface area (Å²) in [6, 6.07) is 13.8. The highest BCUT2D eigenvalue weighted by atomic mass is 127. The minimum absolute atomic E-state index is 0.103. The molecule has 7 heteroatoms. The number of rotatable bonds is 6. The van der Waals surface area contributed by atoms with Gasteiger partial charge in [0.05, 0.1) is 11.4 Å². The van der Waals surface area contributed by atoms with Crippen molar-refractivity contribution in [3.05, 3.63) is 57.7 Å². The van der Waals surface area contributed by atoms with Crippen LogP contribution in [-0.4, -0.2) is 39.1 Å². The van der Waals surface area contributed by atoms with E-state index in [0.29, 0.717) is 5.56 Å². The Morgan fingerprint density at radius 3 is 2.48 bits per heavy atom. The maximum absolute atomic E-state index is 12.3. The lowest BCUT2D eigenvalue weighted by atomic mass is 10.1. The van der Waals surface area contributed by atoms with E-state index in [-0.39, 0.29) is 17.2 Å². The van der Waals surface area contributed by atoms with Gasteiger partial charge in [-0.25, -0.2) is 12.7 Å². The molecule has 0 aliphatic carbocycles. The molecular weight excluding hydrogens is 427 g/mol. The number of carbonyl (C=O) groups excluding carboxylic acids is 1. The van der Waals surface area contributed by atoms with Crippen LogP contribution in [-0.2, 0) is 10.0 Å². The lowest BCUT2D eigenvalue weighted by Crippen LogP contribution is -2.22. The van der Waals surface area contributed by atoms with Gasteiger partial charge in [0.15, 0.2) is 5.78 Å². The summed E-state index contributed by atoms with van der Waals surface area (Å²) in [5, 5.41) is 3.05. The molecule has 2 rings (SSSR count). The molecule has 0 radical (unpaired) electrons. The van der Waals surface area contributed by atoms with E-state index in [1.165, 1.54) is 26.2 Å².